The average molecular weight is 374 g/mol. The maximum absolute atomic E-state index is 12.0. The average Bonchev–Trinajstić information content (AvgIpc) is 3.28. The fourth-order valence-corrected chi connectivity index (χ4v) is 3.63. The lowest BCUT2D eigenvalue weighted by atomic mass is 10.1. The molecular weight excluding hydrogens is 348 g/mol. The Bertz CT molecular complexity index is 830. The van der Waals surface area contributed by atoms with E-state index in [9.17, 15) is 4.79 Å². The Morgan fingerprint density at radius 1 is 1.26 bits per heavy atom. The number of methoxy groups -OCH3 is 3. The Kier molecular flexibility index (Phi) is 5.70. The molecule has 1 aromatic heterocycles. The molecule has 7 heteroatoms. The molecule has 1 aliphatic rings. The van der Waals surface area contributed by atoms with Crippen molar-refractivity contribution < 1.29 is 23.4 Å². The number of esters is 1. The number of likely N-dealkylation sites (tertiary alicyclic amines) is 1. The largest absolute Gasteiger partial charge is 0.496 e. The summed E-state index contributed by atoms with van der Waals surface area (Å²) in [4.78, 5) is 18.8. The molecule has 146 valence electrons. The zero-order chi connectivity index (χ0) is 19.6. The third kappa shape index (κ3) is 3.64. The predicted octanol–water partition coefficient (Wildman–Crippen LogP) is 3.11. The first kappa shape index (κ1) is 19.2. The number of nitrogens with zero attached hydrogens (tertiary/aromatic N) is 2. The first-order chi connectivity index (χ1) is 13.0. The molecule has 2 heterocycles. The van der Waals surface area contributed by atoms with Gasteiger partial charge in [-0.2, -0.15) is 0 Å². The van der Waals surface area contributed by atoms with Crippen LogP contribution in [0.5, 0.6) is 11.5 Å². The Balaban J connectivity index is 1.89. The van der Waals surface area contributed by atoms with Crippen LogP contribution in [0.3, 0.4) is 0 Å². The van der Waals surface area contributed by atoms with Crippen molar-refractivity contribution in [1.29, 1.82) is 0 Å². The fourth-order valence-electron chi connectivity index (χ4n) is 3.63. The van der Waals surface area contributed by atoms with Crippen LogP contribution in [0.1, 0.15) is 29.9 Å². The van der Waals surface area contributed by atoms with Crippen LogP contribution in [0.4, 0.5) is 0 Å². The van der Waals surface area contributed by atoms with Gasteiger partial charge in [-0.15, -0.1) is 0 Å². The van der Waals surface area contributed by atoms with Crippen molar-refractivity contribution in [2.45, 2.75) is 39.3 Å². The Morgan fingerprint density at radius 2 is 2.04 bits per heavy atom. The number of carbonyl (C=O) groups is 1. The fraction of sp³-hybridized carbons (Fsp3) is 0.500. The number of aryl methyl sites for hydroxylation is 1. The van der Waals surface area contributed by atoms with Crippen molar-refractivity contribution in [3.05, 3.63) is 29.2 Å². The molecule has 3 rings (SSSR count). The summed E-state index contributed by atoms with van der Waals surface area (Å²) in [7, 11) is 4.67. The second kappa shape index (κ2) is 8.00. The summed E-state index contributed by atoms with van der Waals surface area (Å²) in [5.74, 6) is 2.46. The van der Waals surface area contributed by atoms with E-state index in [1.54, 1.807) is 14.2 Å². The molecule has 0 N–H and O–H groups in total. The van der Waals surface area contributed by atoms with E-state index in [-0.39, 0.29) is 12.0 Å². The van der Waals surface area contributed by atoms with Crippen molar-refractivity contribution in [1.82, 2.24) is 9.88 Å². The normalized spacial score (nSPS) is 17.1. The lowest BCUT2D eigenvalue weighted by Crippen LogP contribution is -2.36. The SMILES string of the molecule is COC(=O)C1CCCN1Cc1nc(-c2ccc(OC)c(C)c2OC)oc1C. The van der Waals surface area contributed by atoms with E-state index in [0.717, 1.165) is 47.7 Å². The summed E-state index contributed by atoms with van der Waals surface area (Å²) in [6, 6.07) is 3.54. The number of oxazole rings is 1. The number of hydrogen-bond acceptors (Lipinski definition) is 7. The van der Waals surface area contributed by atoms with E-state index < -0.39 is 0 Å². The number of carbonyl (C=O) groups excluding carboxylic acids is 1. The molecule has 1 aromatic carbocycles. The molecule has 0 radical (unpaired) electrons. The summed E-state index contributed by atoms with van der Waals surface area (Å²) in [5, 5.41) is 0. The van der Waals surface area contributed by atoms with Gasteiger partial charge in [0.05, 0.1) is 32.6 Å². The molecule has 0 bridgehead atoms. The molecule has 0 amide bonds. The van der Waals surface area contributed by atoms with Crippen molar-refractivity contribution in [2.75, 3.05) is 27.9 Å². The summed E-state index contributed by atoms with van der Waals surface area (Å²) in [5.41, 5.74) is 2.48. The quantitative estimate of drug-likeness (QED) is 0.719. The van der Waals surface area contributed by atoms with Gasteiger partial charge in [0.2, 0.25) is 5.89 Å². The van der Waals surface area contributed by atoms with E-state index in [4.69, 9.17) is 18.6 Å². The molecule has 0 saturated carbocycles. The zero-order valence-electron chi connectivity index (χ0n) is 16.5. The van der Waals surface area contributed by atoms with E-state index in [1.165, 1.54) is 7.11 Å². The molecule has 1 atom stereocenters. The number of benzene rings is 1. The first-order valence-corrected chi connectivity index (χ1v) is 9.00. The predicted molar refractivity (Wildman–Crippen MR) is 100.0 cm³/mol. The molecule has 2 aromatic rings. The van der Waals surface area contributed by atoms with Crippen LogP contribution < -0.4 is 9.47 Å². The van der Waals surface area contributed by atoms with Gasteiger partial charge in [0.1, 0.15) is 23.3 Å². The minimum Gasteiger partial charge on any atom is -0.496 e. The number of ether oxygens (including phenoxy) is 3. The van der Waals surface area contributed by atoms with Crippen LogP contribution in [0.15, 0.2) is 16.5 Å². The molecule has 1 fully saturated rings. The molecule has 27 heavy (non-hydrogen) atoms. The van der Waals surface area contributed by atoms with Gasteiger partial charge < -0.3 is 18.6 Å². The van der Waals surface area contributed by atoms with Gasteiger partial charge >= 0.3 is 5.97 Å². The maximum Gasteiger partial charge on any atom is 0.323 e. The maximum atomic E-state index is 12.0. The van der Waals surface area contributed by atoms with Crippen LogP contribution >= 0.6 is 0 Å². The Hall–Kier alpha value is -2.54. The highest BCUT2D eigenvalue weighted by Gasteiger charge is 2.32. The number of aromatic nitrogens is 1. The van der Waals surface area contributed by atoms with Crippen LogP contribution in [0, 0.1) is 13.8 Å². The summed E-state index contributed by atoms with van der Waals surface area (Å²) in [6.07, 6.45) is 1.77. The summed E-state index contributed by atoms with van der Waals surface area (Å²) in [6.45, 7) is 5.21. The second-order valence-corrected chi connectivity index (χ2v) is 6.65. The third-order valence-electron chi connectivity index (χ3n) is 5.09. The van der Waals surface area contributed by atoms with Crippen molar-refractivity contribution in [3.63, 3.8) is 0 Å². The minimum atomic E-state index is -0.215. The Labute approximate surface area is 159 Å². The second-order valence-electron chi connectivity index (χ2n) is 6.65. The van der Waals surface area contributed by atoms with Crippen LogP contribution in [0.25, 0.3) is 11.5 Å². The lowest BCUT2D eigenvalue weighted by molar-refractivity contribution is -0.146. The smallest absolute Gasteiger partial charge is 0.323 e. The van der Waals surface area contributed by atoms with Gasteiger partial charge in [0.25, 0.3) is 0 Å². The van der Waals surface area contributed by atoms with E-state index in [1.807, 2.05) is 26.0 Å². The van der Waals surface area contributed by atoms with Crippen molar-refractivity contribution >= 4 is 5.97 Å². The third-order valence-corrected chi connectivity index (χ3v) is 5.09. The minimum absolute atomic E-state index is 0.193. The lowest BCUT2D eigenvalue weighted by Gasteiger charge is -2.21. The van der Waals surface area contributed by atoms with E-state index in [0.29, 0.717) is 18.2 Å². The van der Waals surface area contributed by atoms with Crippen molar-refractivity contribution in [2.24, 2.45) is 0 Å². The number of rotatable bonds is 6. The van der Waals surface area contributed by atoms with Gasteiger partial charge in [-0.05, 0) is 45.4 Å². The zero-order valence-corrected chi connectivity index (χ0v) is 16.5. The van der Waals surface area contributed by atoms with Crippen LogP contribution in [0.2, 0.25) is 0 Å². The highest BCUT2D eigenvalue weighted by molar-refractivity contribution is 5.76. The molecule has 1 unspecified atom stereocenters. The van der Waals surface area contributed by atoms with Gasteiger partial charge in [0, 0.05) is 12.1 Å². The van der Waals surface area contributed by atoms with Crippen LogP contribution in [-0.4, -0.2) is 49.8 Å². The van der Waals surface area contributed by atoms with Gasteiger partial charge in [0.15, 0.2) is 0 Å². The topological polar surface area (TPSA) is 74.0 Å². The first-order valence-electron chi connectivity index (χ1n) is 9.00. The monoisotopic (exact) mass is 374 g/mol. The molecule has 1 saturated heterocycles. The highest BCUT2D eigenvalue weighted by atomic mass is 16.5. The summed E-state index contributed by atoms with van der Waals surface area (Å²) >= 11 is 0. The standard InChI is InChI=1S/C20H26N2O5/c1-12-17(24-3)9-8-14(18(12)25-4)19-21-15(13(2)27-19)11-22-10-6-7-16(22)20(23)26-5/h8-9,16H,6-7,10-11H2,1-5H3. The molecule has 0 spiro atoms. The van der Waals surface area contributed by atoms with Gasteiger partial charge in [-0.25, -0.2) is 4.98 Å². The van der Waals surface area contributed by atoms with Gasteiger partial charge in [-0.1, -0.05) is 0 Å². The van der Waals surface area contributed by atoms with E-state index >= 15 is 0 Å². The van der Waals surface area contributed by atoms with Crippen LogP contribution in [-0.2, 0) is 16.1 Å². The number of hydrogen-bond donors (Lipinski definition) is 0. The van der Waals surface area contributed by atoms with E-state index in [2.05, 4.69) is 9.88 Å². The highest BCUT2D eigenvalue weighted by Crippen LogP contribution is 2.38. The molecular formula is C20H26N2O5. The van der Waals surface area contributed by atoms with Crippen molar-refractivity contribution in [3.8, 4) is 23.0 Å². The molecule has 1 aliphatic heterocycles. The van der Waals surface area contributed by atoms with Gasteiger partial charge in [-0.3, -0.25) is 9.69 Å². The molecule has 0 aliphatic carbocycles. The molecule has 7 nitrogen and oxygen atoms in total. The Morgan fingerprint density at radius 3 is 2.70 bits per heavy atom. The summed E-state index contributed by atoms with van der Waals surface area (Å²) < 4.78 is 21.8.